The van der Waals surface area contributed by atoms with Crippen molar-refractivity contribution >= 4 is 23.3 Å². The van der Waals surface area contributed by atoms with Crippen molar-refractivity contribution in [2.45, 2.75) is 38.6 Å². The first-order valence-electron chi connectivity index (χ1n) is 11.4. The Morgan fingerprint density at radius 1 is 0.839 bits per heavy atom. The average molecular weight is 421 g/mol. The average Bonchev–Trinajstić information content (AvgIpc) is 2.84. The summed E-state index contributed by atoms with van der Waals surface area (Å²) in [6.07, 6.45) is 5.79. The van der Waals surface area contributed by atoms with E-state index in [1.54, 1.807) is 0 Å². The molecular formula is C25H32N4O2. The van der Waals surface area contributed by atoms with Gasteiger partial charge < -0.3 is 20.4 Å². The fraction of sp³-hybridized carbons (Fsp3) is 0.440. The van der Waals surface area contributed by atoms with Gasteiger partial charge in [0.2, 0.25) is 5.91 Å². The first-order valence-corrected chi connectivity index (χ1v) is 11.4. The molecule has 2 N–H and O–H groups in total. The zero-order chi connectivity index (χ0) is 21.5. The topological polar surface area (TPSA) is 64.7 Å². The minimum atomic E-state index is -0.216. The van der Waals surface area contributed by atoms with Crippen molar-refractivity contribution in [3.8, 4) is 0 Å². The van der Waals surface area contributed by atoms with Crippen LogP contribution in [0.2, 0.25) is 0 Å². The lowest BCUT2D eigenvalue weighted by Gasteiger charge is -2.38. The Kier molecular flexibility index (Phi) is 7.07. The van der Waals surface area contributed by atoms with E-state index in [1.165, 1.54) is 19.3 Å². The third-order valence-electron chi connectivity index (χ3n) is 6.33. The first-order chi connectivity index (χ1) is 15.2. The van der Waals surface area contributed by atoms with Gasteiger partial charge in [0.15, 0.2) is 0 Å². The van der Waals surface area contributed by atoms with Crippen LogP contribution in [-0.4, -0.2) is 43.0 Å². The van der Waals surface area contributed by atoms with Gasteiger partial charge in [0, 0.05) is 50.0 Å². The number of anilines is 2. The predicted octanol–water partition coefficient (Wildman–Crippen LogP) is 4.24. The van der Waals surface area contributed by atoms with Crippen molar-refractivity contribution in [2.24, 2.45) is 5.92 Å². The third-order valence-corrected chi connectivity index (χ3v) is 6.33. The Morgan fingerprint density at radius 3 is 2.19 bits per heavy atom. The summed E-state index contributed by atoms with van der Waals surface area (Å²) < 4.78 is 0. The molecule has 31 heavy (non-hydrogen) atoms. The van der Waals surface area contributed by atoms with Gasteiger partial charge in [0.1, 0.15) is 0 Å². The molecule has 0 radical (unpaired) electrons. The molecule has 6 heteroatoms. The van der Waals surface area contributed by atoms with Gasteiger partial charge in [0.25, 0.3) is 0 Å². The van der Waals surface area contributed by atoms with Crippen molar-refractivity contribution in [2.75, 3.05) is 36.4 Å². The number of hydrogen-bond donors (Lipinski definition) is 2. The lowest BCUT2D eigenvalue weighted by atomic mass is 9.88. The number of piperazine rings is 1. The van der Waals surface area contributed by atoms with Crippen molar-refractivity contribution in [3.63, 3.8) is 0 Å². The Morgan fingerprint density at radius 2 is 1.52 bits per heavy atom. The van der Waals surface area contributed by atoms with Crippen LogP contribution < -0.4 is 15.5 Å². The van der Waals surface area contributed by atoms with Crippen molar-refractivity contribution in [3.05, 3.63) is 60.2 Å². The minimum absolute atomic E-state index is 0.216. The molecule has 2 aromatic carbocycles. The van der Waals surface area contributed by atoms with Gasteiger partial charge in [-0.15, -0.1) is 0 Å². The van der Waals surface area contributed by atoms with Gasteiger partial charge in [0.05, 0.1) is 0 Å². The zero-order valence-electron chi connectivity index (χ0n) is 18.1. The highest BCUT2D eigenvalue weighted by Gasteiger charge is 2.28. The van der Waals surface area contributed by atoms with Crippen LogP contribution in [0, 0.1) is 5.92 Å². The van der Waals surface area contributed by atoms with E-state index in [-0.39, 0.29) is 11.9 Å². The second-order valence-electron chi connectivity index (χ2n) is 8.49. The summed E-state index contributed by atoms with van der Waals surface area (Å²) in [6, 6.07) is 17.5. The summed E-state index contributed by atoms with van der Waals surface area (Å²) in [5.74, 6) is 0.610. The maximum atomic E-state index is 12.7. The van der Waals surface area contributed by atoms with Crippen LogP contribution in [0.15, 0.2) is 54.6 Å². The zero-order valence-corrected chi connectivity index (χ0v) is 18.1. The summed E-state index contributed by atoms with van der Waals surface area (Å²) in [6.45, 7) is 3.77. The Bertz CT molecular complexity index is 855. The van der Waals surface area contributed by atoms with E-state index in [1.807, 2.05) is 54.6 Å². The second-order valence-corrected chi connectivity index (χ2v) is 8.49. The molecule has 2 aliphatic rings. The van der Waals surface area contributed by atoms with E-state index in [0.717, 1.165) is 56.0 Å². The van der Waals surface area contributed by atoms with Crippen molar-refractivity contribution < 1.29 is 9.59 Å². The highest BCUT2D eigenvalue weighted by Crippen LogP contribution is 2.26. The molecule has 1 heterocycles. The molecule has 0 unspecified atom stereocenters. The second kappa shape index (κ2) is 10.3. The van der Waals surface area contributed by atoms with E-state index in [2.05, 4.69) is 20.4 Å². The quantitative estimate of drug-likeness (QED) is 0.761. The van der Waals surface area contributed by atoms with Gasteiger partial charge in [-0.1, -0.05) is 49.6 Å². The van der Waals surface area contributed by atoms with Crippen LogP contribution >= 0.6 is 0 Å². The summed E-state index contributed by atoms with van der Waals surface area (Å²) in [5, 5.41) is 5.75. The molecule has 0 spiro atoms. The molecule has 0 bridgehead atoms. The fourth-order valence-electron chi connectivity index (χ4n) is 4.50. The standard InChI is InChI=1S/C25H32N4O2/c30-24(21-9-5-2-6-10-21)29-17-15-28(16-18-29)23-13-11-22(12-14-23)27-25(31)26-19-20-7-3-1-4-8-20/h1,3-4,7-8,11-14,21H,2,5-6,9-10,15-19H2,(H2,26,27,31). The monoisotopic (exact) mass is 420 g/mol. The minimum Gasteiger partial charge on any atom is -0.368 e. The smallest absolute Gasteiger partial charge is 0.319 e. The molecule has 2 aromatic rings. The van der Waals surface area contributed by atoms with E-state index < -0.39 is 0 Å². The molecule has 164 valence electrons. The Hall–Kier alpha value is -3.02. The summed E-state index contributed by atoms with van der Waals surface area (Å²) in [5.41, 5.74) is 2.95. The van der Waals surface area contributed by atoms with E-state index in [9.17, 15) is 9.59 Å². The lowest BCUT2D eigenvalue weighted by Crippen LogP contribution is -2.50. The molecule has 4 rings (SSSR count). The maximum Gasteiger partial charge on any atom is 0.319 e. The van der Waals surface area contributed by atoms with Crippen LogP contribution in [-0.2, 0) is 11.3 Å². The Labute approximate surface area is 184 Å². The van der Waals surface area contributed by atoms with Crippen LogP contribution in [0.25, 0.3) is 0 Å². The van der Waals surface area contributed by atoms with E-state index in [4.69, 9.17) is 0 Å². The lowest BCUT2D eigenvalue weighted by molar-refractivity contribution is -0.136. The summed E-state index contributed by atoms with van der Waals surface area (Å²) in [7, 11) is 0. The number of nitrogens with zero attached hydrogens (tertiary/aromatic N) is 2. The van der Waals surface area contributed by atoms with Crippen LogP contribution in [0.1, 0.15) is 37.7 Å². The van der Waals surface area contributed by atoms with Gasteiger partial charge in [-0.25, -0.2) is 4.79 Å². The highest BCUT2D eigenvalue weighted by atomic mass is 16.2. The van der Waals surface area contributed by atoms with Crippen molar-refractivity contribution in [1.29, 1.82) is 0 Å². The van der Waals surface area contributed by atoms with Gasteiger partial charge in [-0.2, -0.15) is 0 Å². The SMILES string of the molecule is O=C(NCc1ccccc1)Nc1ccc(N2CCN(C(=O)C3CCCCC3)CC2)cc1. The molecule has 2 fully saturated rings. The highest BCUT2D eigenvalue weighted by molar-refractivity contribution is 5.89. The third kappa shape index (κ3) is 5.78. The Balaban J connectivity index is 1.23. The number of hydrogen-bond acceptors (Lipinski definition) is 3. The number of carbonyl (C=O) groups excluding carboxylic acids is 2. The number of benzene rings is 2. The van der Waals surface area contributed by atoms with Crippen molar-refractivity contribution in [1.82, 2.24) is 10.2 Å². The van der Waals surface area contributed by atoms with Crippen LogP contribution in [0.3, 0.4) is 0 Å². The number of nitrogens with one attached hydrogen (secondary N) is 2. The van der Waals surface area contributed by atoms with Gasteiger partial charge in [-0.3, -0.25) is 4.79 Å². The summed E-state index contributed by atoms with van der Waals surface area (Å²) in [4.78, 5) is 29.2. The molecular weight excluding hydrogens is 388 g/mol. The van der Waals surface area contributed by atoms with Gasteiger partial charge in [-0.05, 0) is 42.7 Å². The first kappa shape index (κ1) is 21.2. The summed E-state index contributed by atoms with van der Waals surface area (Å²) >= 11 is 0. The maximum absolute atomic E-state index is 12.7. The van der Waals surface area contributed by atoms with Crippen LogP contribution in [0.5, 0.6) is 0 Å². The fourth-order valence-corrected chi connectivity index (χ4v) is 4.50. The molecule has 0 atom stereocenters. The molecule has 1 aliphatic carbocycles. The molecule has 1 aliphatic heterocycles. The predicted molar refractivity (Wildman–Crippen MR) is 124 cm³/mol. The molecule has 6 nitrogen and oxygen atoms in total. The number of amides is 3. The molecule has 1 saturated carbocycles. The number of carbonyl (C=O) groups is 2. The number of urea groups is 1. The van der Waals surface area contributed by atoms with E-state index in [0.29, 0.717) is 12.5 Å². The molecule has 1 saturated heterocycles. The number of rotatable bonds is 5. The molecule has 3 amide bonds. The van der Waals surface area contributed by atoms with Crippen LogP contribution in [0.4, 0.5) is 16.2 Å². The normalized spacial score (nSPS) is 17.3. The van der Waals surface area contributed by atoms with Gasteiger partial charge >= 0.3 is 6.03 Å². The molecule has 0 aromatic heterocycles. The largest absolute Gasteiger partial charge is 0.368 e. The van der Waals surface area contributed by atoms with E-state index >= 15 is 0 Å².